The Morgan fingerprint density at radius 2 is 1.90 bits per heavy atom. The van der Waals surface area contributed by atoms with Gasteiger partial charge in [-0.3, -0.25) is 0 Å². The second-order valence-corrected chi connectivity index (χ2v) is 7.42. The first-order valence-electron chi connectivity index (χ1n) is 8.79. The lowest BCUT2D eigenvalue weighted by Crippen LogP contribution is -2.48. The second-order valence-electron chi connectivity index (χ2n) is 7.42. The van der Waals surface area contributed by atoms with Crippen molar-refractivity contribution in [2.75, 3.05) is 45.9 Å². The van der Waals surface area contributed by atoms with E-state index in [-0.39, 0.29) is 0 Å². The van der Waals surface area contributed by atoms with Gasteiger partial charge in [0.05, 0.1) is 5.60 Å². The van der Waals surface area contributed by atoms with Crippen LogP contribution in [-0.4, -0.2) is 61.5 Å². The second kappa shape index (κ2) is 7.91. The summed E-state index contributed by atoms with van der Waals surface area (Å²) in [6.07, 6.45) is 6.48. The van der Waals surface area contributed by atoms with E-state index in [1.54, 1.807) is 0 Å². The summed E-state index contributed by atoms with van der Waals surface area (Å²) in [5.74, 6) is 0. The zero-order chi connectivity index (χ0) is 15.2. The maximum Gasteiger partial charge on any atom is 0.0632 e. The van der Waals surface area contributed by atoms with Gasteiger partial charge in [-0.15, -0.1) is 0 Å². The van der Waals surface area contributed by atoms with E-state index < -0.39 is 5.60 Å². The van der Waals surface area contributed by atoms with Crippen LogP contribution in [0.1, 0.15) is 52.4 Å². The molecule has 0 radical (unpaired) electrons. The molecule has 2 fully saturated rings. The average Bonchev–Trinajstić information content (AvgIpc) is 2.62. The molecule has 0 bridgehead atoms. The van der Waals surface area contributed by atoms with Crippen LogP contribution in [0.2, 0.25) is 0 Å². The van der Waals surface area contributed by atoms with Crippen LogP contribution in [0.5, 0.6) is 0 Å². The Bertz CT molecular complexity index is 301. The molecule has 0 aliphatic carbocycles. The van der Waals surface area contributed by atoms with Gasteiger partial charge >= 0.3 is 0 Å². The van der Waals surface area contributed by atoms with Crippen molar-refractivity contribution < 1.29 is 9.84 Å². The van der Waals surface area contributed by atoms with E-state index in [2.05, 4.69) is 17.1 Å². The Morgan fingerprint density at radius 3 is 2.62 bits per heavy atom. The minimum absolute atomic E-state index is 0.365. The van der Waals surface area contributed by atoms with Gasteiger partial charge in [-0.25, -0.2) is 0 Å². The molecule has 0 amide bonds. The van der Waals surface area contributed by atoms with E-state index >= 15 is 0 Å². The molecule has 2 saturated heterocycles. The number of rotatable bonds is 6. The van der Waals surface area contributed by atoms with Gasteiger partial charge in [0.2, 0.25) is 0 Å². The highest BCUT2D eigenvalue weighted by molar-refractivity contribution is 4.89. The van der Waals surface area contributed by atoms with Gasteiger partial charge in [0, 0.05) is 32.8 Å². The quantitative estimate of drug-likeness (QED) is 0.737. The molecule has 0 spiro atoms. The number of nitrogens with zero attached hydrogens (tertiary/aromatic N) is 1. The van der Waals surface area contributed by atoms with Crippen molar-refractivity contribution in [2.24, 2.45) is 5.41 Å². The fraction of sp³-hybridized carbons (Fsp3) is 1.00. The van der Waals surface area contributed by atoms with Gasteiger partial charge in [0.15, 0.2) is 0 Å². The van der Waals surface area contributed by atoms with Crippen molar-refractivity contribution >= 4 is 0 Å². The van der Waals surface area contributed by atoms with Crippen molar-refractivity contribution in [3.63, 3.8) is 0 Å². The molecule has 2 aliphatic heterocycles. The van der Waals surface area contributed by atoms with E-state index in [1.807, 2.05) is 6.92 Å². The third kappa shape index (κ3) is 5.51. The number of ether oxygens (including phenoxy) is 1. The van der Waals surface area contributed by atoms with Crippen LogP contribution in [0.25, 0.3) is 0 Å². The van der Waals surface area contributed by atoms with E-state index in [1.165, 1.54) is 6.42 Å². The Hall–Kier alpha value is -0.160. The first-order chi connectivity index (χ1) is 10.1. The van der Waals surface area contributed by atoms with Gasteiger partial charge in [0.1, 0.15) is 0 Å². The lowest BCUT2D eigenvalue weighted by atomic mass is 9.79. The molecule has 2 N–H and O–H groups in total. The molecule has 2 aliphatic rings. The molecular weight excluding hydrogens is 264 g/mol. The van der Waals surface area contributed by atoms with E-state index in [4.69, 9.17) is 4.74 Å². The summed E-state index contributed by atoms with van der Waals surface area (Å²) in [6.45, 7) is 11.6. The van der Waals surface area contributed by atoms with Crippen molar-refractivity contribution in [1.29, 1.82) is 0 Å². The highest BCUT2D eigenvalue weighted by atomic mass is 16.5. The number of likely N-dealkylation sites (tertiary alicyclic amines) is 1. The lowest BCUT2D eigenvalue weighted by Gasteiger charge is -2.41. The lowest BCUT2D eigenvalue weighted by molar-refractivity contribution is -0.00604. The molecule has 0 aromatic carbocycles. The van der Waals surface area contributed by atoms with Crippen LogP contribution < -0.4 is 5.32 Å². The minimum Gasteiger partial charge on any atom is -0.390 e. The van der Waals surface area contributed by atoms with E-state index in [0.717, 1.165) is 78.0 Å². The molecular formula is C17H34N2O2. The largest absolute Gasteiger partial charge is 0.390 e. The Labute approximate surface area is 130 Å². The minimum atomic E-state index is -0.460. The molecule has 0 aromatic rings. The summed E-state index contributed by atoms with van der Waals surface area (Å²) in [7, 11) is 0. The van der Waals surface area contributed by atoms with Gasteiger partial charge < -0.3 is 20.1 Å². The summed E-state index contributed by atoms with van der Waals surface area (Å²) >= 11 is 0. The van der Waals surface area contributed by atoms with Gasteiger partial charge in [-0.05, 0) is 64.0 Å². The maximum atomic E-state index is 10.3. The summed E-state index contributed by atoms with van der Waals surface area (Å²) < 4.78 is 5.59. The first kappa shape index (κ1) is 17.2. The summed E-state index contributed by atoms with van der Waals surface area (Å²) in [6, 6.07) is 0. The molecule has 2 rings (SSSR count). The van der Waals surface area contributed by atoms with Crippen LogP contribution in [0.3, 0.4) is 0 Å². The molecule has 0 aromatic heterocycles. The van der Waals surface area contributed by atoms with Crippen LogP contribution in [-0.2, 0) is 4.74 Å². The predicted molar refractivity (Wildman–Crippen MR) is 86.6 cm³/mol. The van der Waals surface area contributed by atoms with Crippen LogP contribution in [0, 0.1) is 5.41 Å². The van der Waals surface area contributed by atoms with Crippen LogP contribution in [0.4, 0.5) is 0 Å². The standard InChI is InChI=1S/C17H34N2O2/c1-3-9-18-14-17(7-12-21-13-8-17)15-19-10-4-5-16(2,20)6-11-19/h18,20H,3-15H2,1-2H3. The normalized spacial score (nSPS) is 31.0. The van der Waals surface area contributed by atoms with Crippen molar-refractivity contribution in [1.82, 2.24) is 10.2 Å². The van der Waals surface area contributed by atoms with E-state index in [0.29, 0.717) is 5.41 Å². The summed E-state index contributed by atoms with van der Waals surface area (Å²) in [5.41, 5.74) is -0.0956. The summed E-state index contributed by atoms with van der Waals surface area (Å²) in [5, 5.41) is 13.9. The highest BCUT2D eigenvalue weighted by Crippen LogP contribution is 2.32. The van der Waals surface area contributed by atoms with Crippen molar-refractivity contribution in [3.05, 3.63) is 0 Å². The van der Waals surface area contributed by atoms with Crippen LogP contribution in [0.15, 0.2) is 0 Å². The topological polar surface area (TPSA) is 44.7 Å². The fourth-order valence-electron chi connectivity index (χ4n) is 3.68. The van der Waals surface area contributed by atoms with Crippen molar-refractivity contribution in [3.8, 4) is 0 Å². The number of aliphatic hydroxyl groups is 1. The van der Waals surface area contributed by atoms with Crippen LogP contribution >= 0.6 is 0 Å². The zero-order valence-electron chi connectivity index (χ0n) is 14.0. The fourth-order valence-corrected chi connectivity index (χ4v) is 3.68. The molecule has 124 valence electrons. The smallest absolute Gasteiger partial charge is 0.0632 e. The molecule has 1 atom stereocenters. The number of hydrogen-bond acceptors (Lipinski definition) is 4. The Kier molecular flexibility index (Phi) is 6.48. The molecule has 4 heteroatoms. The highest BCUT2D eigenvalue weighted by Gasteiger charge is 2.35. The zero-order valence-corrected chi connectivity index (χ0v) is 14.0. The summed E-state index contributed by atoms with van der Waals surface area (Å²) in [4.78, 5) is 2.58. The monoisotopic (exact) mass is 298 g/mol. The predicted octanol–water partition coefficient (Wildman–Crippen LogP) is 2.02. The molecule has 21 heavy (non-hydrogen) atoms. The maximum absolute atomic E-state index is 10.3. The Morgan fingerprint density at radius 1 is 1.14 bits per heavy atom. The third-order valence-electron chi connectivity index (χ3n) is 5.20. The third-order valence-corrected chi connectivity index (χ3v) is 5.20. The average molecular weight is 298 g/mol. The molecule has 2 heterocycles. The van der Waals surface area contributed by atoms with E-state index in [9.17, 15) is 5.11 Å². The molecule has 0 saturated carbocycles. The van der Waals surface area contributed by atoms with Gasteiger partial charge in [-0.2, -0.15) is 0 Å². The van der Waals surface area contributed by atoms with Gasteiger partial charge in [-0.1, -0.05) is 6.92 Å². The SMILES string of the molecule is CCCNCC1(CN2CCCC(C)(O)CC2)CCOCC1. The van der Waals surface area contributed by atoms with Gasteiger partial charge in [0.25, 0.3) is 0 Å². The number of hydrogen-bond donors (Lipinski definition) is 2. The molecule has 4 nitrogen and oxygen atoms in total. The molecule has 1 unspecified atom stereocenters. The van der Waals surface area contributed by atoms with Crippen molar-refractivity contribution in [2.45, 2.75) is 58.0 Å². The number of nitrogens with one attached hydrogen (secondary N) is 1. The Balaban J connectivity index is 1.91. The first-order valence-corrected chi connectivity index (χ1v) is 8.79.